The number of aliphatic carboxylic acids is 1. The minimum atomic E-state index is -0.929. The van der Waals surface area contributed by atoms with Gasteiger partial charge in [0.2, 0.25) is 5.88 Å². The molecule has 2 aromatic heterocycles. The second-order valence-corrected chi connectivity index (χ2v) is 9.49. The van der Waals surface area contributed by atoms with Crippen LogP contribution in [0.25, 0.3) is 11.0 Å². The first-order valence-corrected chi connectivity index (χ1v) is 12.0. The summed E-state index contributed by atoms with van der Waals surface area (Å²) in [5, 5.41) is 20.8. The molecule has 184 valence electrons. The first-order chi connectivity index (χ1) is 16.9. The highest BCUT2D eigenvalue weighted by Crippen LogP contribution is 2.46. The number of aryl methyl sites for hydroxylation is 1. The second-order valence-electron chi connectivity index (χ2n) is 9.49. The van der Waals surface area contributed by atoms with Crippen LogP contribution < -0.4 is 10.1 Å². The van der Waals surface area contributed by atoms with Crippen molar-refractivity contribution in [2.45, 2.75) is 44.8 Å². The lowest BCUT2D eigenvalue weighted by Crippen LogP contribution is -2.47. The molecule has 35 heavy (non-hydrogen) atoms. The number of nitrogens with one attached hydrogen (secondary N) is 1. The van der Waals surface area contributed by atoms with E-state index in [1.165, 1.54) is 4.80 Å². The van der Waals surface area contributed by atoms with Crippen LogP contribution >= 0.6 is 0 Å². The van der Waals surface area contributed by atoms with Gasteiger partial charge < -0.3 is 19.9 Å². The zero-order chi connectivity index (χ0) is 24.5. The van der Waals surface area contributed by atoms with E-state index < -0.39 is 12.1 Å². The van der Waals surface area contributed by atoms with Gasteiger partial charge in [-0.25, -0.2) is 9.78 Å². The summed E-state index contributed by atoms with van der Waals surface area (Å²) in [6.45, 7) is 2.14. The quantitative estimate of drug-likeness (QED) is 0.504. The Morgan fingerprint density at radius 3 is 2.74 bits per heavy atom. The lowest BCUT2D eigenvalue weighted by Gasteiger charge is -2.47. The molecule has 0 saturated heterocycles. The molecule has 3 saturated carbocycles. The van der Waals surface area contributed by atoms with Crippen molar-refractivity contribution >= 4 is 22.9 Å². The molecule has 2 bridgehead atoms. The third kappa shape index (κ3) is 4.97. The van der Waals surface area contributed by atoms with Crippen LogP contribution in [-0.4, -0.2) is 55.7 Å². The van der Waals surface area contributed by atoms with E-state index in [1.54, 1.807) is 44.4 Å². The van der Waals surface area contributed by atoms with Gasteiger partial charge in [-0.05, 0) is 74.6 Å². The number of carbonyl (C=O) groups is 2. The molecule has 2 N–H and O–H groups in total. The van der Waals surface area contributed by atoms with Crippen molar-refractivity contribution < 1.29 is 24.2 Å². The number of pyridine rings is 1. The van der Waals surface area contributed by atoms with Crippen LogP contribution in [0.4, 0.5) is 0 Å². The molecular formula is C25H29N5O5. The molecule has 3 fully saturated rings. The topological polar surface area (TPSA) is 128 Å². The zero-order valence-electron chi connectivity index (χ0n) is 19.8. The van der Waals surface area contributed by atoms with Gasteiger partial charge in [0.05, 0.1) is 6.10 Å². The number of amides is 1. The number of carbonyl (C=O) groups excluding carboxylic acids is 1. The van der Waals surface area contributed by atoms with E-state index in [-0.39, 0.29) is 17.9 Å². The molecular weight excluding hydrogens is 450 g/mol. The minimum Gasteiger partial charge on any atom is -0.479 e. The highest BCUT2D eigenvalue weighted by atomic mass is 16.5. The van der Waals surface area contributed by atoms with Gasteiger partial charge in [0, 0.05) is 25.9 Å². The van der Waals surface area contributed by atoms with Gasteiger partial charge >= 0.3 is 5.97 Å². The Kier molecular flexibility index (Phi) is 6.38. The monoisotopic (exact) mass is 479 g/mol. The van der Waals surface area contributed by atoms with E-state index in [0.717, 1.165) is 31.2 Å². The molecule has 5 unspecified atom stereocenters. The third-order valence-corrected chi connectivity index (χ3v) is 7.17. The molecule has 0 aliphatic heterocycles. The van der Waals surface area contributed by atoms with Crippen molar-refractivity contribution in [2.24, 2.45) is 24.8 Å². The molecule has 3 aromatic rings. The molecule has 1 aromatic carbocycles. The van der Waals surface area contributed by atoms with Crippen LogP contribution in [0.5, 0.6) is 11.6 Å². The number of hydrogen-bond acceptors (Lipinski definition) is 7. The van der Waals surface area contributed by atoms with Crippen LogP contribution in [0.2, 0.25) is 0 Å². The van der Waals surface area contributed by atoms with Gasteiger partial charge in [0.15, 0.2) is 6.10 Å². The summed E-state index contributed by atoms with van der Waals surface area (Å²) >= 11 is 0. The predicted octanol–water partition coefficient (Wildman–Crippen LogP) is 3.18. The largest absolute Gasteiger partial charge is 0.479 e. The van der Waals surface area contributed by atoms with Gasteiger partial charge in [-0.1, -0.05) is 0 Å². The first kappa shape index (κ1) is 23.2. The van der Waals surface area contributed by atoms with Crippen molar-refractivity contribution in [3.63, 3.8) is 0 Å². The van der Waals surface area contributed by atoms with Crippen LogP contribution in [0.1, 0.15) is 43.0 Å². The Morgan fingerprint density at radius 2 is 1.97 bits per heavy atom. The second kappa shape index (κ2) is 9.61. The van der Waals surface area contributed by atoms with Crippen molar-refractivity contribution in [3.8, 4) is 11.6 Å². The lowest BCUT2D eigenvalue weighted by atomic mass is 9.63. The molecule has 0 radical (unpaired) electrons. The fourth-order valence-corrected chi connectivity index (χ4v) is 5.38. The smallest absolute Gasteiger partial charge is 0.332 e. The van der Waals surface area contributed by atoms with E-state index in [4.69, 9.17) is 14.6 Å². The van der Waals surface area contributed by atoms with E-state index in [9.17, 15) is 9.59 Å². The number of rotatable bonds is 8. The summed E-state index contributed by atoms with van der Waals surface area (Å²) in [4.78, 5) is 30.0. The summed E-state index contributed by atoms with van der Waals surface area (Å²) < 4.78 is 11.8. The fraction of sp³-hybridized carbons (Fsp3) is 0.480. The van der Waals surface area contributed by atoms with Crippen molar-refractivity contribution in [2.75, 3.05) is 6.54 Å². The molecule has 5 atom stereocenters. The summed E-state index contributed by atoms with van der Waals surface area (Å²) in [6, 6.07) is 8.76. The Bertz CT molecular complexity index is 1240. The Balaban J connectivity index is 1.21. The summed E-state index contributed by atoms with van der Waals surface area (Å²) in [5.41, 5.74) is 1.81. The number of fused-ring (bicyclic) bond motifs is 4. The van der Waals surface area contributed by atoms with Gasteiger partial charge in [0.25, 0.3) is 5.91 Å². The highest BCUT2D eigenvalue weighted by molar-refractivity contribution is 5.96. The molecule has 1 amide bonds. The standard InChI is InChI=1S/C25H29N5O5/c1-14(25(32)33)34-22-11-15-5-6-16(22)10-17(15)13-27-23(31)19-4-3-9-26-24(19)35-18-7-8-20-21(12-18)29-30(2)28-20/h3-4,7-9,12,14-17,22H,5-6,10-11,13H2,1-2H3,(H,27,31)(H,32,33). The number of ether oxygens (including phenoxy) is 2. The van der Waals surface area contributed by atoms with Crippen molar-refractivity contribution in [3.05, 3.63) is 42.1 Å². The van der Waals surface area contributed by atoms with E-state index in [1.807, 2.05) is 6.07 Å². The molecule has 10 heteroatoms. The highest BCUT2D eigenvalue weighted by Gasteiger charge is 2.43. The Morgan fingerprint density at radius 1 is 1.17 bits per heavy atom. The minimum absolute atomic E-state index is 0.0169. The Labute approximate surface area is 202 Å². The SMILES string of the molecule is CC(OC1CC2CCC1CC2CNC(=O)c1cccnc1Oc1ccc2nn(C)nc2c1)C(=O)O. The first-order valence-electron chi connectivity index (χ1n) is 12.0. The predicted molar refractivity (Wildman–Crippen MR) is 126 cm³/mol. The number of carboxylic acids is 1. The van der Waals surface area contributed by atoms with Gasteiger partial charge in [-0.15, -0.1) is 0 Å². The van der Waals surface area contributed by atoms with Crippen LogP contribution in [0.15, 0.2) is 36.5 Å². The lowest BCUT2D eigenvalue weighted by molar-refractivity contribution is -0.162. The van der Waals surface area contributed by atoms with Crippen LogP contribution in [0.3, 0.4) is 0 Å². The molecule has 6 rings (SSSR count). The van der Waals surface area contributed by atoms with E-state index >= 15 is 0 Å². The van der Waals surface area contributed by atoms with Crippen molar-refractivity contribution in [1.29, 1.82) is 0 Å². The third-order valence-electron chi connectivity index (χ3n) is 7.17. The summed E-state index contributed by atoms with van der Waals surface area (Å²) in [6.07, 6.45) is 4.67. The Hall–Kier alpha value is -3.53. The number of aromatic nitrogens is 4. The van der Waals surface area contributed by atoms with Gasteiger partial charge in [0.1, 0.15) is 22.3 Å². The van der Waals surface area contributed by atoms with E-state index in [0.29, 0.717) is 41.1 Å². The average molecular weight is 480 g/mol. The maximum atomic E-state index is 13.1. The molecule has 2 heterocycles. The molecule has 0 spiro atoms. The van der Waals surface area contributed by atoms with Crippen molar-refractivity contribution in [1.82, 2.24) is 25.3 Å². The number of benzene rings is 1. The molecule has 3 aliphatic carbocycles. The number of nitrogens with zero attached hydrogens (tertiary/aromatic N) is 4. The van der Waals surface area contributed by atoms with Crippen LogP contribution in [-0.2, 0) is 16.6 Å². The van der Waals surface area contributed by atoms with Crippen LogP contribution in [0, 0.1) is 17.8 Å². The number of carboxylic acid groups (broad SMARTS) is 1. The number of hydrogen-bond donors (Lipinski definition) is 2. The summed E-state index contributed by atoms with van der Waals surface area (Å²) in [5.74, 6) is 0.680. The normalized spacial score (nSPS) is 24.3. The van der Waals surface area contributed by atoms with Gasteiger partial charge in [-0.3, -0.25) is 4.79 Å². The zero-order valence-corrected chi connectivity index (χ0v) is 19.8. The molecule has 3 aliphatic rings. The maximum absolute atomic E-state index is 13.1. The maximum Gasteiger partial charge on any atom is 0.332 e. The fourth-order valence-electron chi connectivity index (χ4n) is 5.38. The summed E-state index contributed by atoms with van der Waals surface area (Å²) in [7, 11) is 1.75. The molecule has 10 nitrogen and oxygen atoms in total. The van der Waals surface area contributed by atoms with E-state index in [2.05, 4.69) is 20.5 Å². The van der Waals surface area contributed by atoms with Gasteiger partial charge in [-0.2, -0.15) is 15.0 Å². The average Bonchev–Trinajstić information content (AvgIpc) is 3.22.